The first-order valence-electron chi connectivity index (χ1n) is 6.07. The molecule has 0 aromatic heterocycles. The second-order valence-electron chi connectivity index (χ2n) is 4.18. The van der Waals surface area contributed by atoms with Crippen LogP contribution in [0.2, 0.25) is 0 Å². The van der Waals surface area contributed by atoms with E-state index in [-0.39, 0.29) is 16.4 Å². The third kappa shape index (κ3) is 3.97. The summed E-state index contributed by atoms with van der Waals surface area (Å²) in [4.78, 5) is 22.5. The molecule has 1 aromatic carbocycles. The van der Waals surface area contributed by atoms with Crippen LogP contribution in [0.5, 0.6) is 5.75 Å². The highest BCUT2D eigenvalue weighted by Gasteiger charge is 2.31. The van der Waals surface area contributed by atoms with E-state index in [0.717, 1.165) is 29.6 Å². The second-order valence-corrected chi connectivity index (χ2v) is 5.36. The normalized spacial score (nSPS) is 18.5. The fourth-order valence-corrected chi connectivity index (χ4v) is 2.59. The van der Waals surface area contributed by atoms with Gasteiger partial charge in [0.2, 0.25) is 5.91 Å². The Morgan fingerprint density at radius 1 is 1.32 bits per heavy atom. The molecule has 0 aliphatic carbocycles. The van der Waals surface area contributed by atoms with Crippen LogP contribution in [0.1, 0.15) is 5.56 Å². The first kappa shape index (κ1) is 13.9. The van der Waals surface area contributed by atoms with E-state index in [1.807, 2.05) is 31.3 Å². The number of imide groups is 1. The van der Waals surface area contributed by atoms with E-state index in [9.17, 15) is 9.59 Å². The van der Waals surface area contributed by atoms with Gasteiger partial charge in [0.25, 0.3) is 5.24 Å². The fraction of sp³-hybridized carbons (Fsp3) is 0.385. The lowest BCUT2D eigenvalue weighted by atomic mass is 10.1. The Bertz CT molecular complexity index is 461. The number of hydrogen-bond acceptors (Lipinski definition) is 5. The summed E-state index contributed by atoms with van der Waals surface area (Å²) < 4.78 is 5.51. The number of amides is 2. The number of thioether (sulfide) groups is 1. The molecular weight excluding hydrogens is 264 g/mol. The number of ether oxygens (including phenoxy) is 1. The highest BCUT2D eigenvalue weighted by atomic mass is 32.2. The minimum absolute atomic E-state index is 0.204. The topological polar surface area (TPSA) is 67.4 Å². The third-order valence-corrected chi connectivity index (χ3v) is 3.71. The van der Waals surface area contributed by atoms with Crippen LogP contribution in [-0.4, -0.2) is 36.6 Å². The van der Waals surface area contributed by atoms with Crippen LogP contribution in [0, 0.1) is 0 Å². The smallest absolute Gasteiger partial charge is 0.286 e. The van der Waals surface area contributed by atoms with Crippen LogP contribution >= 0.6 is 11.8 Å². The van der Waals surface area contributed by atoms with Crippen molar-refractivity contribution in [1.82, 2.24) is 10.6 Å². The molecule has 0 radical (unpaired) electrons. The number of carbonyl (C=O) groups is 2. The summed E-state index contributed by atoms with van der Waals surface area (Å²) in [6, 6.07) is 7.60. The van der Waals surface area contributed by atoms with Crippen molar-refractivity contribution in [3.63, 3.8) is 0 Å². The van der Waals surface area contributed by atoms with Crippen LogP contribution in [0.4, 0.5) is 4.79 Å². The van der Waals surface area contributed by atoms with Gasteiger partial charge in [-0.1, -0.05) is 23.9 Å². The molecule has 1 saturated heterocycles. The van der Waals surface area contributed by atoms with Gasteiger partial charge in [-0.25, -0.2) is 0 Å². The Balaban J connectivity index is 1.88. The monoisotopic (exact) mass is 280 g/mol. The summed E-state index contributed by atoms with van der Waals surface area (Å²) in [7, 11) is 1.87. The fourth-order valence-electron chi connectivity index (χ4n) is 1.73. The van der Waals surface area contributed by atoms with Crippen molar-refractivity contribution in [2.24, 2.45) is 0 Å². The molecule has 1 atom stereocenters. The largest absolute Gasteiger partial charge is 0.492 e. The maximum absolute atomic E-state index is 11.4. The number of likely N-dealkylation sites (N-methyl/N-ethyl adjacent to an activating group) is 1. The standard InChI is InChI=1S/C13H16N2O3S/c1-14-6-7-18-10-4-2-9(3-5-10)8-11-12(16)15-13(17)19-11/h2-5,11,14H,6-8H2,1H3,(H,15,16,17)/t11-/m1/s1. The Morgan fingerprint density at radius 2 is 2.05 bits per heavy atom. The van der Waals surface area contributed by atoms with Gasteiger partial charge in [0.15, 0.2) is 0 Å². The van der Waals surface area contributed by atoms with E-state index >= 15 is 0 Å². The average Bonchev–Trinajstić information content (AvgIpc) is 2.70. The molecular formula is C13H16N2O3S. The van der Waals surface area contributed by atoms with Crippen LogP contribution in [0.15, 0.2) is 24.3 Å². The Labute approximate surface area is 116 Å². The van der Waals surface area contributed by atoms with Crippen molar-refractivity contribution in [3.8, 4) is 5.75 Å². The molecule has 102 valence electrons. The Kier molecular flexibility index (Phi) is 4.81. The second kappa shape index (κ2) is 6.58. The number of nitrogens with one attached hydrogen (secondary N) is 2. The quantitative estimate of drug-likeness (QED) is 0.766. The first-order valence-corrected chi connectivity index (χ1v) is 6.95. The number of rotatable bonds is 6. The number of benzene rings is 1. The van der Waals surface area contributed by atoms with Crippen molar-refractivity contribution in [3.05, 3.63) is 29.8 Å². The van der Waals surface area contributed by atoms with Gasteiger partial charge in [0.05, 0.1) is 5.25 Å². The molecule has 6 heteroatoms. The van der Waals surface area contributed by atoms with Crippen molar-refractivity contribution in [2.45, 2.75) is 11.7 Å². The molecule has 0 saturated carbocycles. The third-order valence-electron chi connectivity index (χ3n) is 2.73. The molecule has 1 aromatic rings. The lowest BCUT2D eigenvalue weighted by Gasteiger charge is -2.08. The molecule has 1 aliphatic rings. The van der Waals surface area contributed by atoms with Gasteiger partial charge in [0.1, 0.15) is 12.4 Å². The van der Waals surface area contributed by atoms with Gasteiger partial charge < -0.3 is 10.1 Å². The minimum atomic E-state index is -0.316. The molecule has 19 heavy (non-hydrogen) atoms. The van der Waals surface area contributed by atoms with Crippen LogP contribution in [-0.2, 0) is 11.2 Å². The maximum atomic E-state index is 11.4. The van der Waals surface area contributed by atoms with Gasteiger partial charge in [-0.05, 0) is 31.2 Å². The molecule has 2 N–H and O–H groups in total. The number of hydrogen-bond donors (Lipinski definition) is 2. The maximum Gasteiger partial charge on any atom is 0.286 e. The average molecular weight is 280 g/mol. The molecule has 1 heterocycles. The SMILES string of the molecule is CNCCOc1ccc(C[C@H]2SC(=O)NC2=O)cc1. The van der Waals surface area contributed by atoms with E-state index in [1.54, 1.807) is 0 Å². The molecule has 1 aliphatic heterocycles. The van der Waals surface area contributed by atoms with Crippen molar-refractivity contribution < 1.29 is 14.3 Å². The highest BCUT2D eigenvalue weighted by Crippen LogP contribution is 2.23. The van der Waals surface area contributed by atoms with Gasteiger partial charge >= 0.3 is 0 Å². The predicted molar refractivity (Wildman–Crippen MR) is 74.5 cm³/mol. The molecule has 1 fully saturated rings. The van der Waals surface area contributed by atoms with E-state index in [4.69, 9.17) is 4.74 Å². The summed E-state index contributed by atoms with van der Waals surface area (Å²) >= 11 is 1.05. The zero-order valence-electron chi connectivity index (χ0n) is 10.6. The number of carbonyl (C=O) groups excluding carboxylic acids is 2. The molecule has 2 amide bonds. The van der Waals surface area contributed by atoms with E-state index < -0.39 is 0 Å². The zero-order valence-corrected chi connectivity index (χ0v) is 11.5. The summed E-state index contributed by atoms with van der Waals surface area (Å²) in [5.41, 5.74) is 1.02. The van der Waals surface area contributed by atoms with Crippen molar-refractivity contribution in [2.75, 3.05) is 20.2 Å². The molecule has 0 unspecified atom stereocenters. The Morgan fingerprint density at radius 3 is 2.63 bits per heavy atom. The predicted octanol–water partition coefficient (Wildman–Crippen LogP) is 1.18. The summed E-state index contributed by atoms with van der Waals surface area (Å²) in [6.07, 6.45) is 0.555. The minimum Gasteiger partial charge on any atom is -0.492 e. The van der Waals surface area contributed by atoms with Crippen molar-refractivity contribution >= 4 is 22.9 Å². The Hall–Kier alpha value is -1.53. The van der Waals surface area contributed by atoms with Crippen LogP contribution in [0.25, 0.3) is 0 Å². The molecule has 5 nitrogen and oxygen atoms in total. The lowest BCUT2D eigenvalue weighted by molar-refractivity contribution is -0.118. The van der Waals surface area contributed by atoms with Gasteiger partial charge in [0, 0.05) is 6.54 Å². The van der Waals surface area contributed by atoms with Gasteiger partial charge in [-0.2, -0.15) is 0 Å². The van der Waals surface area contributed by atoms with Crippen LogP contribution < -0.4 is 15.4 Å². The molecule has 0 bridgehead atoms. The van der Waals surface area contributed by atoms with E-state index in [0.29, 0.717) is 13.0 Å². The van der Waals surface area contributed by atoms with E-state index in [2.05, 4.69) is 10.6 Å². The summed E-state index contributed by atoms with van der Waals surface area (Å²) in [5.74, 6) is 0.600. The molecule has 2 rings (SSSR count). The van der Waals surface area contributed by atoms with E-state index in [1.165, 1.54) is 0 Å². The van der Waals surface area contributed by atoms with Crippen molar-refractivity contribution in [1.29, 1.82) is 0 Å². The van der Waals surface area contributed by atoms with Gasteiger partial charge in [-0.3, -0.25) is 14.9 Å². The van der Waals surface area contributed by atoms with Gasteiger partial charge in [-0.15, -0.1) is 0 Å². The molecule has 0 spiro atoms. The highest BCUT2D eigenvalue weighted by molar-refractivity contribution is 8.15. The zero-order chi connectivity index (χ0) is 13.7. The summed E-state index contributed by atoms with van der Waals surface area (Å²) in [5, 5.41) is 4.71. The van der Waals surface area contributed by atoms with Crippen LogP contribution in [0.3, 0.4) is 0 Å². The first-order chi connectivity index (χ1) is 9.19. The lowest BCUT2D eigenvalue weighted by Crippen LogP contribution is -2.25. The summed E-state index contributed by atoms with van der Waals surface area (Å²) in [6.45, 7) is 1.41.